The summed E-state index contributed by atoms with van der Waals surface area (Å²) in [5.74, 6) is 0.542. The van der Waals surface area contributed by atoms with Crippen molar-refractivity contribution in [2.45, 2.75) is 69.9 Å². The molecule has 1 amide bonds. The van der Waals surface area contributed by atoms with Gasteiger partial charge in [-0.1, -0.05) is 12.8 Å². The van der Waals surface area contributed by atoms with Crippen LogP contribution in [0.1, 0.15) is 78.1 Å². The number of thiophene rings is 1. The topological polar surface area (TPSA) is 54.5 Å². The van der Waals surface area contributed by atoms with Crippen LogP contribution < -0.4 is 0 Å². The van der Waals surface area contributed by atoms with E-state index < -0.39 is 6.04 Å². The Balaban J connectivity index is 1.59. The second-order valence-corrected chi connectivity index (χ2v) is 7.88. The van der Waals surface area contributed by atoms with Crippen LogP contribution in [0, 0.1) is 0 Å². The molecule has 4 rings (SSSR count). The summed E-state index contributed by atoms with van der Waals surface area (Å²) >= 11 is 1.54. The molecule has 1 aromatic heterocycles. The number of ketones is 2. The van der Waals surface area contributed by atoms with Crippen LogP contribution in [0.3, 0.4) is 0 Å². The first kappa shape index (κ1) is 15.1. The number of fused-ring (bicyclic) bond motifs is 1. The van der Waals surface area contributed by atoms with Crippen LogP contribution in [-0.4, -0.2) is 28.4 Å². The Bertz CT molecular complexity index is 672. The van der Waals surface area contributed by atoms with E-state index in [4.69, 9.17) is 0 Å². The van der Waals surface area contributed by atoms with Crippen molar-refractivity contribution in [3.8, 4) is 0 Å². The summed E-state index contributed by atoms with van der Waals surface area (Å²) in [7, 11) is 0. The van der Waals surface area contributed by atoms with E-state index in [1.807, 2.05) is 0 Å². The van der Waals surface area contributed by atoms with Gasteiger partial charge in [0.25, 0.3) is 5.91 Å². The molecule has 2 fully saturated rings. The number of hydrogen-bond donors (Lipinski definition) is 0. The average molecular weight is 331 g/mol. The molecule has 0 saturated heterocycles. The molecular weight excluding hydrogens is 310 g/mol. The van der Waals surface area contributed by atoms with Gasteiger partial charge in [0.1, 0.15) is 5.78 Å². The zero-order valence-corrected chi connectivity index (χ0v) is 14.0. The summed E-state index contributed by atoms with van der Waals surface area (Å²) in [6, 6.07) is -0.398. The van der Waals surface area contributed by atoms with E-state index in [1.54, 1.807) is 4.90 Å². The summed E-state index contributed by atoms with van der Waals surface area (Å²) in [6.45, 7) is 0.564. The molecule has 4 nitrogen and oxygen atoms in total. The van der Waals surface area contributed by atoms with E-state index >= 15 is 0 Å². The molecule has 0 N–H and O–H groups in total. The molecule has 2 heterocycles. The molecule has 2 aliphatic carbocycles. The van der Waals surface area contributed by atoms with Crippen LogP contribution in [-0.2, 0) is 16.1 Å². The predicted octanol–water partition coefficient (Wildman–Crippen LogP) is 3.44. The normalized spacial score (nSPS) is 26.0. The third-order valence-electron chi connectivity index (χ3n) is 5.56. The van der Waals surface area contributed by atoms with Crippen molar-refractivity contribution in [1.29, 1.82) is 0 Å². The van der Waals surface area contributed by atoms with Crippen LogP contribution in [0.2, 0.25) is 0 Å². The molecule has 1 atom stereocenters. The van der Waals surface area contributed by atoms with Crippen LogP contribution in [0.4, 0.5) is 0 Å². The molecule has 0 spiro atoms. The van der Waals surface area contributed by atoms with Crippen molar-refractivity contribution in [2.75, 3.05) is 0 Å². The third kappa shape index (κ3) is 2.55. The fraction of sp³-hybridized carbons (Fsp3) is 0.611. The largest absolute Gasteiger partial charge is 0.323 e. The maximum absolute atomic E-state index is 12.8. The second-order valence-electron chi connectivity index (χ2n) is 7.00. The molecule has 1 unspecified atom stereocenters. The van der Waals surface area contributed by atoms with E-state index in [-0.39, 0.29) is 23.9 Å². The molecule has 23 heavy (non-hydrogen) atoms. The van der Waals surface area contributed by atoms with Crippen LogP contribution in [0.5, 0.6) is 0 Å². The minimum absolute atomic E-state index is 0.00180. The summed E-state index contributed by atoms with van der Waals surface area (Å²) in [6.07, 6.45) is 6.79. The first-order valence-corrected chi connectivity index (χ1v) is 9.48. The Morgan fingerprint density at radius 2 is 1.83 bits per heavy atom. The highest BCUT2D eigenvalue weighted by Crippen LogP contribution is 2.43. The van der Waals surface area contributed by atoms with Gasteiger partial charge >= 0.3 is 0 Å². The van der Waals surface area contributed by atoms with Crippen LogP contribution in [0.25, 0.3) is 0 Å². The molecule has 0 radical (unpaired) electrons. The maximum Gasteiger partial charge on any atom is 0.265 e. The van der Waals surface area contributed by atoms with Gasteiger partial charge in [-0.25, -0.2) is 0 Å². The van der Waals surface area contributed by atoms with E-state index in [1.165, 1.54) is 42.6 Å². The van der Waals surface area contributed by atoms with Gasteiger partial charge in [-0.3, -0.25) is 14.4 Å². The lowest BCUT2D eigenvalue weighted by Crippen LogP contribution is -2.41. The standard InChI is InChI=1S/C18H21NO3S/c20-12-6-3-7-15(16(21)8-12)19-9-13-14(11-4-1-2-5-11)10-23-17(13)18(19)22/h10-11,15H,1-9H2. The van der Waals surface area contributed by atoms with Crippen molar-refractivity contribution in [2.24, 2.45) is 0 Å². The van der Waals surface area contributed by atoms with Gasteiger partial charge in [0, 0.05) is 13.0 Å². The molecule has 1 aliphatic heterocycles. The highest BCUT2D eigenvalue weighted by atomic mass is 32.1. The third-order valence-corrected chi connectivity index (χ3v) is 6.59. The highest BCUT2D eigenvalue weighted by Gasteiger charge is 2.40. The lowest BCUT2D eigenvalue weighted by Gasteiger charge is -2.25. The molecule has 5 heteroatoms. The summed E-state index contributed by atoms with van der Waals surface area (Å²) in [5.41, 5.74) is 2.51. The van der Waals surface area contributed by atoms with Gasteiger partial charge in [0.05, 0.1) is 17.3 Å². The first-order chi connectivity index (χ1) is 11.1. The molecule has 1 aromatic rings. The van der Waals surface area contributed by atoms with E-state index in [0.717, 1.165) is 10.4 Å². The van der Waals surface area contributed by atoms with Crippen molar-refractivity contribution in [3.63, 3.8) is 0 Å². The van der Waals surface area contributed by atoms with Gasteiger partial charge in [0.2, 0.25) is 0 Å². The lowest BCUT2D eigenvalue weighted by atomic mass is 9.96. The van der Waals surface area contributed by atoms with Crippen LogP contribution >= 0.6 is 11.3 Å². The average Bonchev–Trinajstić information content (AvgIpc) is 3.20. The Hall–Kier alpha value is -1.49. The number of rotatable bonds is 2. The molecule has 0 bridgehead atoms. The number of nitrogens with zero attached hydrogens (tertiary/aromatic N) is 1. The zero-order valence-electron chi connectivity index (χ0n) is 13.2. The van der Waals surface area contributed by atoms with Crippen molar-refractivity contribution >= 4 is 28.8 Å². The van der Waals surface area contributed by atoms with Crippen molar-refractivity contribution in [1.82, 2.24) is 4.90 Å². The lowest BCUT2D eigenvalue weighted by molar-refractivity contribution is -0.128. The highest BCUT2D eigenvalue weighted by molar-refractivity contribution is 7.12. The number of hydrogen-bond acceptors (Lipinski definition) is 4. The molecular formula is C18H21NO3S. The van der Waals surface area contributed by atoms with Gasteiger partial charge in [-0.05, 0) is 48.1 Å². The van der Waals surface area contributed by atoms with Gasteiger partial charge < -0.3 is 4.90 Å². The number of amides is 1. The summed E-state index contributed by atoms with van der Waals surface area (Å²) in [5, 5.41) is 2.16. The van der Waals surface area contributed by atoms with Crippen LogP contribution in [0.15, 0.2) is 5.38 Å². The minimum Gasteiger partial charge on any atom is -0.323 e. The fourth-order valence-electron chi connectivity index (χ4n) is 4.33. The monoisotopic (exact) mass is 331 g/mol. The summed E-state index contributed by atoms with van der Waals surface area (Å²) < 4.78 is 0. The second kappa shape index (κ2) is 5.86. The number of carbonyl (C=O) groups excluding carboxylic acids is 3. The maximum atomic E-state index is 12.8. The Morgan fingerprint density at radius 3 is 2.61 bits per heavy atom. The zero-order chi connectivity index (χ0) is 16.0. The molecule has 122 valence electrons. The van der Waals surface area contributed by atoms with Crippen molar-refractivity contribution in [3.05, 3.63) is 21.4 Å². The van der Waals surface area contributed by atoms with Gasteiger partial charge in [-0.15, -0.1) is 11.3 Å². The van der Waals surface area contributed by atoms with E-state index in [0.29, 0.717) is 31.7 Å². The Morgan fingerprint density at radius 1 is 1.04 bits per heavy atom. The SMILES string of the molecule is O=C1CCCC(N2Cc3c(C4CCCC4)csc3C2=O)C(=O)C1. The fourth-order valence-corrected chi connectivity index (χ4v) is 5.45. The molecule has 0 aromatic carbocycles. The van der Waals surface area contributed by atoms with Gasteiger partial charge in [-0.2, -0.15) is 0 Å². The van der Waals surface area contributed by atoms with E-state index in [2.05, 4.69) is 5.38 Å². The van der Waals surface area contributed by atoms with Gasteiger partial charge in [0.15, 0.2) is 5.78 Å². The quantitative estimate of drug-likeness (QED) is 0.616. The predicted molar refractivity (Wildman–Crippen MR) is 87.7 cm³/mol. The van der Waals surface area contributed by atoms with Crippen molar-refractivity contribution < 1.29 is 14.4 Å². The number of carbonyl (C=O) groups is 3. The minimum atomic E-state index is -0.398. The first-order valence-electron chi connectivity index (χ1n) is 8.61. The molecule has 3 aliphatic rings. The Labute approximate surface area is 139 Å². The number of Topliss-reactive ketones (excluding diaryl/α,β-unsaturated/α-hetero) is 2. The Kier molecular flexibility index (Phi) is 3.84. The smallest absolute Gasteiger partial charge is 0.265 e. The molecule has 2 saturated carbocycles. The van der Waals surface area contributed by atoms with E-state index in [9.17, 15) is 14.4 Å². The summed E-state index contributed by atoms with van der Waals surface area (Å²) in [4.78, 5) is 39.3.